The van der Waals surface area contributed by atoms with Crippen LogP contribution in [0.5, 0.6) is 5.75 Å². The number of hydrogen-bond donors (Lipinski definition) is 2. The van der Waals surface area contributed by atoms with Crippen molar-refractivity contribution in [3.8, 4) is 16.9 Å². The summed E-state index contributed by atoms with van der Waals surface area (Å²) in [6.45, 7) is 0. The topological polar surface area (TPSA) is 79.4 Å². The maximum Gasteiger partial charge on any atom is 0.308 e. The van der Waals surface area contributed by atoms with Gasteiger partial charge in [0.15, 0.2) is 0 Å². The first-order valence-electron chi connectivity index (χ1n) is 5.68. The minimum absolute atomic E-state index is 0.237. The van der Waals surface area contributed by atoms with Gasteiger partial charge >= 0.3 is 5.97 Å². The first-order chi connectivity index (χ1) is 9.10. The monoisotopic (exact) mass is 259 g/mol. The van der Waals surface area contributed by atoms with E-state index < -0.39 is 5.97 Å². The van der Waals surface area contributed by atoms with Crippen LogP contribution in [0.2, 0.25) is 0 Å². The largest absolute Gasteiger partial charge is 0.497 e. The maximum atomic E-state index is 11.5. The minimum atomic E-state index is -1.03. The summed E-state index contributed by atoms with van der Waals surface area (Å²) < 4.78 is 5.06. The number of aromatic nitrogens is 1. The van der Waals surface area contributed by atoms with Crippen molar-refractivity contribution in [2.75, 3.05) is 7.11 Å². The number of ether oxygens (including phenoxy) is 1. The molecule has 0 radical (unpaired) electrons. The molecule has 5 heteroatoms. The standard InChI is InChI=1S/C14H13NO4/c1-19-12-4-2-9(3-5-12)11-6-10(7-13(16)17)14(18)15-8-11/h2-6,8H,7H2,1H3,(H,15,18)(H,16,17). The fourth-order valence-electron chi connectivity index (χ4n) is 1.78. The Morgan fingerprint density at radius 1 is 1.26 bits per heavy atom. The van der Waals surface area contributed by atoms with E-state index in [2.05, 4.69) is 4.98 Å². The molecule has 0 aliphatic carbocycles. The number of carboxylic acids is 1. The summed E-state index contributed by atoms with van der Waals surface area (Å²) >= 11 is 0. The number of carboxylic acid groups (broad SMARTS) is 1. The third kappa shape index (κ3) is 3.01. The van der Waals surface area contributed by atoms with Crippen molar-refractivity contribution in [1.29, 1.82) is 0 Å². The van der Waals surface area contributed by atoms with Crippen molar-refractivity contribution in [3.63, 3.8) is 0 Å². The third-order valence-electron chi connectivity index (χ3n) is 2.75. The second-order valence-corrected chi connectivity index (χ2v) is 4.04. The van der Waals surface area contributed by atoms with Crippen molar-refractivity contribution < 1.29 is 14.6 Å². The Kier molecular flexibility index (Phi) is 3.66. The predicted octanol–water partition coefficient (Wildman–Crippen LogP) is 1.68. The molecular weight excluding hydrogens is 246 g/mol. The number of nitrogens with one attached hydrogen (secondary N) is 1. The van der Waals surface area contributed by atoms with Crippen LogP contribution in [0.1, 0.15) is 5.56 Å². The first-order valence-corrected chi connectivity index (χ1v) is 5.68. The Hall–Kier alpha value is -2.56. The van der Waals surface area contributed by atoms with Crippen molar-refractivity contribution in [1.82, 2.24) is 4.98 Å². The Bertz CT molecular complexity index is 643. The number of aromatic amines is 1. The number of benzene rings is 1. The molecule has 1 aromatic carbocycles. The van der Waals surface area contributed by atoms with Crippen molar-refractivity contribution in [3.05, 3.63) is 52.4 Å². The van der Waals surface area contributed by atoms with Gasteiger partial charge in [-0.05, 0) is 29.3 Å². The molecule has 0 saturated heterocycles. The molecule has 2 N–H and O–H groups in total. The number of hydrogen-bond acceptors (Lipinski definition) is 3. The highest BCUT2D eigenvalue weighted by Gasteiger charge is 2.07. The van der Waals surface area contributed by atoms with E-state index in [-0.39, 0.29) is 17.5 Å². The Balaban J connectivity index is 2.39. The second-order valence-electron chi connectivity index (χ2n) is 4.04. The molecular formula is C14H13NO4. The molecule has 0 aliphatic rings. The number of rotatable bonds is 4. The number of aliphatic carboxylic acids is 1. The van der Waals surface area contributed by atoms with E-state index in [0.29, 0.717) is 0 Å². The van der Waals surface area contributed by atoms with Gasteiger partial charge in [-0.2, -0.15) is 0 Å². The van der Waals surface area contributed by atoms with Gasteiger partial charge in [0, 0.05) is 11.8 Å². The summed E-state index contributed by atoms with van der Waals surface area (Å²) in [6, 6.07) is 8.89. The minimum Gasteiger partial charge on any atom is -0.497 e. The number of methoxy groups -OCH3 is 1. The fraction of sp³-hybridized carbons (Fsp3) is 0.143. The Labute approximate surface area is 109 Å². The lowest BCUT2D eigenvalue weighted by molar-refractivity contribution is -0.136. The smallest absolute Gasteiger partial charge is 0.308 e. The van der Waals surface area contributed by atoms with E-state index in [1.54, 1.807) is 31.5 Å². The molecule has 5 nitrogen and oxygen atoms in total. The zero-order valence-corrected chi connectivity index (χ0v) is 10.3. The highest BCUT2D eigenvalue weighted by atomic mass is 16.5. The summed E-state index contributed by atoms with van der Waals surface area (Å²) in [5, 5.41) is 8.75. The maximum absolute atomic E-state index is 11.5. The predicted molar refractivity (Wildman–Crippen MR) is 70.4 cm³/mol. The first kappa shape index (κ1) is 12.9. The molecule has 19 heavy (non-hydrogen) atoms. The summed E-state index contributed by atoms with van der Waals surface area (Å²) in [4.78, 5) is 24.7. The molecule has 0 spiro atoms. The normalized spacial score (nSPS) is 10.2. The van der Waals surface area contributed by atoms with Gasteiger partial charge in [-0.3, -0.25) is 9.59 Å². The zero-order valence-electron chi connectivity index (χ0n) is 10.3. The molecule has 0 atom stereocenters. The molecule has 0 aliphatic heterocycles. The highest BCUT2D eigenvalue weighted by molar-refractivity contribution is 5.71. The molecule has 0 fully saturated rings. The average molecular weight is 259 g/mol. The Morgan fingerprint density at radius 2 is 1.95 bits per heavy atom. The molecule has 1 aromatic heterocycles. The van der Waals surface area contributed by atoms with Crippen LogP contribution in [0.3, 0.4) is 0 Å². The van der Waals surface area contributed by atoms with Crippen molar-refractivity contribution >= 4 is 5.97 Å². The van der Waals surface area contributed by atoms with E-state index in [1.165, 1.54) is 0 Å². The lowest BCUT2D eigenvalue weighted by Crippen LogP contribution is -2.15. The van der Waals surface area contributed by atoms with E-state index in [0.717, 1.165) is 16.9 Å². The van der Waals surface area contributed by atoms with Gasteiger partial charge in [0.2, 0.25) is 0 Å². The van der Waals surface area contributed by atoms with Gasteiger partial charge in [-0.15, -0.1) is 0 Å². The third-order valence-corrected chi connectivity index (χ3v) is 2.75. The van der Waals surface area contributed by atoms with Crippen LogP contribution in [0.15, 0.2) is 41.3 Å². The molecule has 0 bridgehead atoms. The molecule has 2 rings (SSSR count). The van der Waals surface area contributed by atoms with E-state index in [4.69, 9.17) is 9.84 Å². The zero-order chi connectivity index (χ0) is 13.8. The van der Waals surface area contributed by atoms with E-state index in [1.807, 2.05) is 12.1 Å². The molecule has 0 amide bonds. The second kappa shape index (κ2) is 5.39. The number of H-pyrrole nitrogens is 1. The van der Waals surface area contributed by atoms with Crippen molar-refractivity contribution in [2.24, 2.45) is 0 Å². The molecule has 98 valence electrons. The van der Waals surface area contributed by atoms with Crippen LogP contribution in [0.4, 0.5) is 0 Å². The summed E-state index contributed by atoms with van der Waals surface area (Å²) in [7, 11) is 1.58. The van der Waals surface area contributed by atoms with E-state index in [9.17, 15) is 9.59 Å². The Morgan fingerprint density at radius 3 is 2.53 bits per heavy atom. The molecule has 2 aromatic rings. The summed E-state index contributed by atoms with van der Waals surface area (Å²) in [6.07, 6.45) is 1.27. The summed E-state index contributed by atoms with van der Waals surface area (Å²) in [5.41, 5.74) is 1.50. The van der Waals surface area contributed by atoms with Gasteiger partial charge in [0.25, 0.3) is 5.56 Å². The van der Waals surface area contributed by atoms with Gasteiger partial charge in [0.1, 0.15) is 5.75 Å². The van der Waals surface area contributed by atoms with Crippen LogP contribution in [0, 0.1) is 0 Å². The highest BCUT2D eigenvalue weighted by Crippen LogP contribution is 2.21. The van der Waals surface area contributed by atoms with Crippen LogP contribution >= 0.6 is 0 Å². The fourth-order valence-corrected chi connectivity index (χ4v) is 1.78. The van der Waals surface area contributed by atoms with E-state index >= 15 is 0 Å². The van der Waals surface area contributed by atoms with Crippen molar-refractivity contribution in [2.45, 2.75) is 6.42 Å². The van der Waals surface area contributed by atoms with Gasteiger partial charge < -0.3 is 14.8 Å². The lowest BCUT2D eigenvalue weighted by atomic mass is 10.0. The van der Waals surface area contributed by atoms with Gasteiger partial charge in [-0.25, -0.2) is 0 Å². The molecule has 1 heterocycles. The lowest BCUT2D eigenvalue weighted by Gasteiger charge is -2.05. The van der Waals surface area contributed by atoms with Gasteiger partial charge in [0.05, 0.1) is 13.5 Å². The number of pyridine rings is 1. The summed E-state index contributed by atoms with van der Waals surface area (Å²) in [5.74, 6) is -0.295. The van der Waals surface area contributed by atoms with Gasteiger partial charge in [-0.1, -0.05) is 12.1 Å². The quantitative estimate of drug-likeness (QED) is 0.875. The SMILES string of the molecule is COc1ccc(-c2c[nH]c(=O)c(CC(=O)O)c2)cc1. The molecule has 0 unspecified atom stereocenters. The van der Waals surface area contributed by atoms with Crippen LogP contribution in [-0.2, 0) is 11.2 Å². The van der Waals surface area contributed by atoms with Crippen LogP contribution in [-0.4, -0.2) is 23.2 Å². The average Bonchev–Trinajstić information content (AvgIpc) is 2.41. The van der Waals surface area contributed by atoms with Crippen LogP contribution in [0.25, 0.3) is 11.1 Å². The van der Waals surface area contributed by atoms with Crippen LogP contribution < -0.4 is 10.3 Å². The number of carbonyl (C=O) groups is 1. The molecule has 0 saturated carbocycles.